The zero-order valence-electron chi connectivity index (χ0n) is 9.92. The van der Waals surface area contributed by atoms with Crippen molar-refractivity contribution in [2.24, 2.45) is 0 Å². The number of nitrogens with zero attached hydrogens (tertiary/aromatic N) is 3. The number of hydrogen-bond donors (Lipinski definition) is 0. The molecule has 4 rings (SSSR count). The molecule has 0 amide bonds. The van der Waals surface area contributed by atoms with Gasteiger partial charge in [-0.1, -0.05) is 17.3 Å². The van der Waals surface area contributed by atoms with Gasteiger partial charge in [0.15, 0.2) is 12.0 Å². The zero-order chi connectivity index (χ0) is 13.2. The summed E-state index contributed by atoms with van der Waals surface area (Å²) in [6.45, 7) is 0. The van der Waals surface area contributed by atoms with Crippen molar-refractivity contribution < 1.29 is 8.94 Å². The molecular formula is C13H11N3O2S. The van der Waals surface area contributed by atoms with Crippen molar-refractivity contribution in [3.63, 3.8) is 0 Å². The molecule has 0 atom stereocenters. The Morgan fingerprint density at radius 1 is 1.05 bits per heavy atom. The molecule has 0 aliphatic rings. The smallest absolute Gasteiger partial charge is 0.181 e. The molecule has 5 nitrogen and oxygen atoms in total. The Balaban J connectivity index is 0.000000114. The number of rotatable bonds is 0. The number of fused-ring (bicyclic) bond motifs is 1. The summed E-state index contributed by atoms with van der Waals surface area (Å²) in [6, 6.07) is 9.39. The molecule has 6 heteroatoms. The van der Waals surface area contributed by atoms with Crippen LogP contribution in [0.3, 0.4) is 0 Å². The van der Waals surface area contributed by atoms with Crippen LogP contribution in [0.1, 0.15) is 0 Å². The Morgan fingerprint density at radius 3 is 2.53 bits per heavy atom. The summed E-state index contributed by atoms with van der Waals surface area (Å²) in [6.07, 6.45) is 6.31. The zero-order valence-corrected chi connectivity index (χ0v) is 10.7. The first kappa shape index (κ1) is 13.0. The van der Waals surface area contributed by atoms with Crippen molar-refractivity contribution >= 4 is 22.4 Å². The second kappa shape index (κ2) is 7.78. The number of benzene rings is 1. The third-order valence-corrected chi connectivity index (χ3v) is 2.45. The first-order valence-electron chi connectivity index (χ1n) is 5.41. The molecule has 0 unspecified atom stereocenters. The summed E-state index contributed by atoms with van der Waals surface area (Å²) in [5, 5.41) is 5.28. The lowest BCUT2D eigenvalue weighted by atomic mass is 10.3. The van der Waals surface area contributed by atoms with E-state index in [4.69, 9.17) is 4.42 Å². The molecule has 3 heterocycles. The van der Waals surface area contributed by atoms with Gasteiger partial charge in [-0.15, -0.1) is 11.3 Å². The van der Waals surface area contributed by atoms with E-state index >= 15 is 0 Å². The molecule has 1 aromatic carbocycles. The van der Waals surface area contributed by atoms with Crippen LogP contribution in [-0.2, 0) is 0 Å². The van der Waals surface area contributed by atoms with E-state index in [0.717, 1.165) is 11.1 Å². The quantitative estimate of drug-likeness (QED) is 0.489. The predicted octanol–water partition coefficient (Wildman–Crippen LogP) is 3.65. The lowest BCUT2D eigenvalue weighted by Gasteiger charge is -1.79. The van der Waals surface area contributed by atoms with Crippen molar-refractivity contribution in [3.8, 4) is 0 Å². The minimum absolute atomic E-state index is 0.845. The predicted molar refractivity (Wildman–Crippen MR) is 72.6 cm³/mol. The van der Waals surface area contributed by atoms with Gasteiger partial charge in [-0.05, 0) is 18.2 Å². The number of para-hydroxylation sites is 2. The molecule has 0 radical (unpaired) electrons. The van der Waals surface area contributed by atoms with Crippen LogP contribution in [0.15, 0.2) is 75.2 Å². The van der Waals surface area contributed by atoms with Gasteiger partial charge in [0.25, 0.3) is 0 Å². The lowest BCUT2D eigenvalue weighted by molar-refractivity contribution is 0.420. The van der Waals surface area contributed by atoms with Crippen LogP contribution in [0.25, 0.3) is 11.1 Å². The fourth-order valence-corrected chi connectivity index (χ4v) is 1.51. The van der Waals surface area contributed by atoms with Crippen LogP contribution in [0.2, 0.25) is 0 Å². The maximum absolute atomic E-state index is 5.01. The number of thiazole rings is 1. The highest BCUT2D eigenvalue weighted by Gasteiger charge is 1.91. The first-order chi connectivity index (χ1) is 9.47. The maximum Gasteiger partial charge on any atom is 0.181 e. The van der Waals surface area contributed by atoms with Crippen LogP contribution < -0.4 is 0 Å². The fraction of sp³-hybridized carbons (Fsp3) is 0. The largest absolute Gasteiger partial charge is 0.443 e. The summed E-state index contributed by atoms with van der Waals surface area (Å²) in [7, 11) is 0. The Hall–Kier alpha value is -2.47. The van der Waals surface area contributed by atoms with Crippen LogP contribution in [0, 0.1) is 0 Å². The third-order valence-electron chi connectivity index (χ3n) is 1.93. The Bertz CT molecular complexity index is 557. The minimum atomic E-state index is 0.845. The van der Waals surface area contributed by atoms with Crippen molar-refractivity contribution in [2.45, 2.75) is 0 Å². The molecule has 0 N–H and O–H groups in total. The molecule has 0 fully saturated rings. The standard InChI is InChI=1S/C7H5NO.C3H3NO.C3H3NS/c1-2-4-7-6(3-1)8-5-9-7;1-2-4-5-3-1;1-2-5-3-4-1/h1-5H;2*1-3H. The molecule has 0 aliphatic heterocycles. The van der Waals surface area contributed by atoms with Crippen molar-refractivity contribution in [1.29, 1.82) is 0 Å². The highest BCUT2D eigenvalue weighted by Crippen LogP contribution is 2.09. The van der Waals surface area contributed by atoms with E-state index in [-0.39, 0.29) is 0 Å². The van der Waals surface area contributed by atoms with Gasteiger partial charge in [-0.3, -0.25) is 4.98 Å². The highest BCUT2D eigenvalue weighted by atomic mass is 32.1. The van der Waals surface area contributed by atoms with E-state index in [1.165, 1.54) is 12.7 Å². The number of aromatic nitrogens is 3. The SMILES string of the molecule is c1ccc2ocnc2c1.c1cnoc1.c1cscn1. The average molecular weight is 273 g/mol. The number of hydrogen-bond acceptors (Lipinski definition) is 6. The molecular weight excluding hydrogens is 262 g/mol. The van der Waals surface area contributed by atoms with E-state index in [1.54, 1.807) is 35.3 Å². The first-order valence-corrected chi connectivity index (χ1v) is 6.36. The second-order valence-electron chi connectivity index (χ2n) is 3.18. The molecule has 3 aromatic heterocycles. The normalized spacial score (nSPS) is 9.05. The molecule has 0 aliphatic carbocycles. The van der Waals surface area contributed by atoms with Gasteiger partial charge >= 0.3 is 0 Å². The third kappa shape index (κ3) is 4.72. The van der Waals surface area contributed by atoms with Gasteiger partial charge in [0.2, 0.25) is 0 Å². The van der Waals surface area contributed by atoms with Crippen molar-refractivity contribution in [3.05, 3.63) is 66.3 Å². The van der Waals surface area contributed by atoms with E-state index in [1.807, 2.05) is 29.6 Å². The lowest BCUT2D eigenvalue weighted by Crippen LogP contribution is -1.61. The molecule has 0 saturated carbocycles. The monoisotopic (exact) mass is 273 g/mol. The van der Waals surface area contributed by atoms with E-state index in [2.05, 4.69) is 19.6 Å². The van der Waals surface area contributed by atoms with Crippen molar-refractivity contribution in [2.75, 3.05) is 0 Å². The van der Waals surface area contributed by atoms with Gasteiger partial charge in [-0.25, -0.2) is 4.98 Å². The highest BCUT2D eigenvalue weighted by molar-refractivity contribution is 7.07. The molecule has 19 heavy (non-hydrogen) atoms. The van der Waals surface area contributed by atoms with Crippen molar-refractivity contribution in [1.82, 2.24) is 15.1 Å². The molecule has 96 valence electrons. The Morgan fingerprint density at radius 2 is 2.00 bits per heavy atom. The van der Waals surface area contributed by atoms with Gasteiger partial charge in [0.05, 0.1) is 11.7 Å². The summed E-state index contributed by atoms with van der Waals surface area (Å²) in [5.41, 5.74) is 3.55. The van der Waals surface area contributed by atoms with E-state index in [0.29, 0.717) is 0 Å². The maximum atomic E-state index is 5.01. The Kier molecular flexibility index (Phi) is 5.31. The second-order valence-corrected chi connectivity index (χ2v) is 3.94. The van der Waals surface area contributed by atoms with Crippen LogP contribution >= 0.6 is 11.3 Å². The summed E-state index contributed by atoms with van der Waals surface area (Å²) in [5.74, 6) is 0. The fourth-order valence-electron chi connectivity index (χ4n) is 1.15. The van der Waals surface area contributed by atoms with Crippen LogP contribution in [-0.4, -0.2) is 15.1 Å². The molecule has 4 aromatic rings. The average Bonchev–Trinajstić information content (AvgIpc) is 3.22. The summed E-state index contributed by atoms with van der Waals surface area (Å²) < 4.78 is 9.34. The summed E-state index contributed by atoms with van der Waals surface area (Å²) in [4.78, 5) is 7.69. The van der Waals surface area contributed by atoms with Gasteiger partial charge < -0.3 is 8.94 Å². The van der Waals surface area contributed by atoms with Gasteiger partial charge in [0.1, 0.15) is 11.8 Å². The minimum Gasteiger partial charge on any atom is -0.443 e. The molecule has 0 saturated heterocycles. The van der Waals surface area contributed by atoms with Gasteiger partial charge in [0, 0.05) is 11.6 Å². The molecule has 0 bridgehead atoms. The van der Waals surface area contributed by atoms with E-state index < -0.39 is 0 Å². The summed E-state index contributed by atoms with van der Waals surface area (Å²) >= 11 is 1.60. The van der Waals surface area contributed by atoms with E-state index in [9.17, 15) is 0 Å². The number of oxazole rings is 1. The Labute approximate surface area is 113 Å². The van der Waals surface area contributed by atoms with Crippen LogP contribution in [0.5, 0.6) is 0 Å². The van der Waals surface area contributed by atoms with Crippen LogP contribution in [0.4, 0.5) is 0 Å². The van der Waals surface area contributed by atoms with Gasteiger partial charge in [-0.2, -0.15) is 0 Å². The molecule has 0 spiro atoms. The topological polar surface area (TPSA) is 65.0 Å².